The van der Waals surface area contributed by atoms with Crippen molar-refractivity contribution in [2.24, 2.45) is 0 Å². The highest BCUT2D eigenvalue weighted by atomic mass is 14.2. The summed E-state index contributed by atoms with van der Waals surface area (Å²) >= 11 is 0. The summed E-state index contributed by atoms with van der Waals surface area (Å²) in [6.45, 7) is 35.1. The van der Waals surface area contributed by atoms with Crippen LogP contribution in [0, 0.1) is 111 Å². The largest absolute Gasteiger partial charge is 0.0588 e. The van der Waals surface area contributed by atoms with E-state index in [0.29, 0.717) is 0 Å². The minimum atomic E-state index is 1.03. The van der Waals surface area contributed by atoms with Gasteiger partial charge in [-0.2, -0.15) is 0 Å². The van der Waals surface area contributed by atoms with E-state index in [4.69, 9.17) is 0 Å². The summed E-state index contributed by atoms with van der Waals surface area (Å²) in [5.74, 6) is 0. The van der Waals surface area contributed by atoms with Crippen LogP contribution >= 0.6 is 0 Å². The molecule has 0 nitrogen and oxygen atoms in total. The molecule has 0 bridgehead atoms. The lowest BCUT2D eigenvalue weighted by atomic mass is 9.82. The second kappa shape index (κ2) is 19.8. The minimum absolute atomic E-state index is 1.03. The number of benzene rings is 10. The summed E-state index contributed by atoms with van der Waals surface area (Å²) < 4.78 is 0. The highest BCUT2D eigenvalue weighted by Crippen LogP contribution is 2.43. The number of fused-ring (bicyclic) bond motifs is 4. The lowest BCUT2D eigenvalue weighted by molar-refractivity contribution is 0.981. The predicted octanol–water partition coefficient (Wildman–Crippen LogP) is 18.8. The van der Waals surface area contributed by atoms with Crippen molar-refractivity contribution < 1.29 is 0 Å². The topological polar surface area (TPSA) is 0 Å². The van der Waals surface area contributed by atoms with Gasteiger partial charge in [-0.3, -0.25) is 0 Å². The molecule has 0 heterocycles. The Morgan fingerprint density at radius 3 is 0.710 bits per heavy atom. The highest BCUT2D eigenvalue weighted by molar-refractivity contribution is 6.34. The number of hydrogen-bond donors (Lipinski definition) is 0. The number of aryl methyl sites for hydroxylation is 16. The van der Waals surface area contributed by atoms with Gasteiger partial charge >= 0.3 is 0 Å². The molecule has 0 fully saturated rings. The summed E-state index contributed by atoms with van der Waals surface area (Å²) in [5.41, 5.74) is 31.1. The molecule has 10 aromatic carbocycles. The molecular formula is C69H74. The first-order valence-electron chi connectivity index (χ1n) is 25.2. The maximum absolute atomic E-state index is 2.38. The van der Waals surface area contributed by atoms with E-state index in [1.54, 1.807) is 0 Å². The van der Waals surface area contributed by atoms with Gasteiger partial charge in [0.25, 0.3) is 0 Å². The Morgan fingerprint density at radius 1 is 0.217 bits per heavy atom. The van der Waals surface area contributed by atoms with Crippen molar-refractivity contribution in [1.82, 2.24) is 0 Å². The van der Waals surface area contributed by atoms with Crippen molar-refractivity contribution in [3.05, 3.63) is 244 Å². The lowest BCUT2D eigenvalue weighted by Gasteiger charge is -2.22. The molecule has 0 N–H and O–H groups in total. The fourth-order valence-corrected chi connectivity index (χ4v) is 10.7. The second-order valence-electron chi connectivity index (χ2n) is 21.0. The Hall–Kier alpha value is -6.50. The van der Waals surface area contributed by atoms with Crippen LogP contribution in [0.5, 0.6) is 0 Å². The monoisotopic (exact) mass is 903 g/mol. The molecule has 11 rings (SSSR count). The summed E-state index contributed by atoms with van der Waals surface area (Å²) in [7, 11) is 0. The number of rotatable bonds is 2. The van der Waals surface area contributed by atoms with Gasteiger partial charge in [-0.25, -0.2) is 0 Å². The third-order valence-corrected chi connectivity index (χ3v) is 15.8. The molecule has 0 heteroatoms. The van der Waals surface area contributed by atoms with E-state index in [2.05, 4.69) is 232 Å². The van der Waals surface area contributed by atoms with Crippen molar-refractivity contribution in [2.75, 3.05) is 0 Å². The molecule has 0 atom stereocenters. The molecule has 0 radical (unpaired) electrons. The van der Waals surface area contributed by atoms with Crippen LogP contribution in [0.25, 0.3) is 43.1 Å². The average molecular weight is 903 g/mol. The van der Waals surface area contributed by atoms with Gasteiger partial charge in [0, 0.05) is 0 Å². The van der Waals surface area contributed by atoms with Crippen molar-refractivity contribution >= 4 is 43.1 Å². The normalized spacial score (nSPS) is 11.7. The van der Waals surface area contributed by atoms with Gasteiger partial charge < -0.3 is 0 Å². The SMILES string of the molecule is Cc1cc(C)c(C)cc1C.Cc1cc2c(cc1C)Cc1cc(C)c(C)cc1C2.Cc1ccc(Cc2ccc(C)c(C)c2)cc1C.Cc1ccc2c3ccc(C)c4c(C)ccc(c5ccc(C)c1c25)c43. The van der Waals surface area contributed by atoms with E-state index in [-0.39, 0.29) is 0 Å². The Bertz CT molecular complexity index is 3160. The molecule has 0 unspecified atom stereocenters. The van der Waals surface area contributed by atoms with Crippen molar-refractivity contribution in [3.8, 4) is 0 Å². The van der Waals surface area contributed by atoms with Crippen molar-refractivity contribution in [1.29, 1.82) is 0 Å². The molecule has 10 aromatic rings. The van der Waals surface area contributed by atoms with Crippen LogP contribution < -0.4 is 0 Å². The summed E-state index contributed by atoms with van der Waals surface area (Å²) in [6.07, 6.45) is 3.24. The first-order chi connectivity index (χ1) is 32.8. The molecule has 1 aliphatic rings. The maximum Gasteiger partial charge on any atom is -0.00199 e. The summed E-state index contributed by atoms with van der Waals surface area (Å²) in [5, 5.41) is 11.2. The van der Waals surface area contributed by atoms with E-state index in [0.717, 1.165) is 19.3 Å². The molecule has 0 saturated heterocycles. The van der Waals surface area contributed by atoms with Crippen LogP contribution in [0.2, 0.25) is 0 Å². The standard InChI is InChI=1S/C24H20.C18H20.C17H20.C10H14/c1-13-5-9-17-19-11-7-15(3)22-16(4)8-12-20(24(19)22)18-10-6-14(2)21(13)23(17)18;1-11-5-15-9-17-7-13(3)14(4)8-18(17)10-16(15)6-12(11)2;1-12-5-7-16(9-14(12)3)11-17-8-6-13(2)15(4)10-17;1-7-5-9(3)10(4)6-8(7)2/h5-12H,1-4H3;5-8H,9-10H2,1-4H3;5-10H,11H2,1-4H3;5-6H,1-4H3. The van der Waals surface area contributed by atoms with Crippen LogP contribution in [0.1, 0.15) is 122 Å². The van der Waals surface area contributed by atoms with E-state index in [9.17, 15) is 0 Å². The Kier molecular flexibility index (Phi) is 14.1. The van der Waals surface area contributed by atoms with Crippen LogP contribution in [0.3, 0.4) is 0 Å². The lowest BCUT2D eigenvalue weighted by Crippen LogP contribution is -2.09. The zero-order valence-electron chi connectivity index (χ0n) is 44.7. The van der Waals surface area contributed by atoms with Gasteiger partial charge in [0.15, 0.2) is 0 Å². The molecular weight excluding hydrogens is 829 g/mol. The van der Waals surface area contributed by atoms with E-state index < -0.39 is 0 Å². The Labute approximate surface area is 414 Å². The highest BCUT2D eigenvalue weighted by Gasteiger charge is 2.18. The molecule has 0 aliphatic heterocycles. The predicted molar refractivity (Wildman–Crippen MR) is 304 cm³/mol. The van der Waals surface area contributed by atoms with Gasteiger partial charge in [0.2, 0.25) is 0 Å². The fourth-order valence-electron chi connectivity index (χ4n) is 10.7. The third-order valence-electron chi connectivity index (χ3n) is 15.8. The van der Waals surface area contributed by atoms with Gasteiger partial charge in [0.1, 0.15) is 0 Å². The van der Waals surface area contributed by atoms with Gasteiger partial charge in [-0.15, -0.1) is 0 Å². The van der Waals surface area contributed by atoms with Gasteiger partial charge in [-0.1, -0.05) is 121 Å². The van der Waals surface area contributed by atoms with Crippen molar-refractivity contribution in [3.63, 3.8) is 0 Å². The first-order valence-corrected chi connectivity index (χ1v) is 25.2. The quantitative estimate of drug-likeness (QED) is 0.120. The van der Waals surface area contributed by atoms with Crippen LogP contribution in [-0.2, 0) is 19.3 Å². The molecule has 0 saturated carbocycles. The molecule has 1 aliphatic carbocycles. The molecule has 69 heavy (non-hydrogen) atoms. The average Bonchev–Trinajstić information content (AvgIpc) is 3.30. The Balaban J connectivity index is 0.000000129. The first kappa shape index (κ1) is 48.9. The smallest absolute Gasteiger partial charge is 0.00199 e. The van der Waals surface area contributed by atoms with Crippen LogP contribution in [-0.4, -0.2) is 0 Å². The minimum Gasteiger partial charge on any atom is -0.0588 e. The van der Waals surface area contributed by atoms with Crippen molar-refractivity contribution in [2.45, 2.75) is 130 Å². The third kappa shape index (κ3) is 10.0. The molecule has 0 amide bonds. The maximum atomic E-state index is 2.38. The summed E-state index contributed by atoms with van der Waals surface area (Å²) in [4.78, 5) is 0. The fraction of sp³-hybridized carbons (Fsp3) is 0.275. The second-order valence-corrected chi connectivity index (χ2v) is 21.0. The summed E-state index contributed by atoms with van der Waals surface area (Å²) in [6, 6.07) is 45.9. The zero-order valence-corrected chi connectivity index (χ0v) is 44.7. The molecule has 350 valence electrons. The molecule has 0 spiro atoms. The van der Waals surface area contributed by atoms with E-state index in [1.807, 2.05) is 0 Å². The van der Waals surface area contributed by atoms with Crippen LogP contribution in [0.4, 0.5) is 0 Å². The zero-order chi connectivity index (χ0) is 49.6. The van der Waals surface area contributed by atoms with Gasteiger partial charge in [0.05, 0.1) is 0 Å². The number of hydrogen-bond acceptors (Lipinski definition) is 0. The van der Waals surface area contributed by atoms with Crippen LogP contribution in [0.15, 0.2) is 121 Å². The van der Waals surface area contributed by atoms with E-state index in [1.165, 1.54) is 165 Å². The molecule has 0 aromatic heterocycles. The Morgan fingerprint density at radius 2 is 0.449 bits per heavy atom. The van der Waals surface area contributed by atoms with E-state index >= 15 is 0 Å². The van der Waals surface area contributed by atoms with Gasteiger partial charge in [-0.05, 0) is 296 Å².